The van der Waals surface area contributed by atoms with Gasteiger partial charge in [-0.1, -0.05) is 12.1 Å². The average Bonchev–Trinajstić information content (AvgIpc) is 3.37. The molecule has 172 valence electrons. The number of hydrogen-bond acceptors (Lipinski definition) is 7. The SMILES string of the molecule is Cc1cc(Nc2ccc(NC(=O)Cn3cnc4ccccc4c3=O)cc2)nc(N2CCCC2)n1. The number of para-hydroxylation sites is 1. The highest BCUT2D eigenvalue weighted by atomic mass is 16.2. The Labute approximate surface area is 196 Å². The number of hydrogen-bond donors (Lipinski definition) is 2. The van der Waals surface area contributed by atoms with Crippen molar-refractivity contribution in [3.63, 3.8) is 0 Å². The molecule has 0 atom stereocenters. The molecule has 1 amide bonds. The first-order valence-corrected chi connectivity index (χ1v) is 11.3. The molecule has 2 N–H and O–H groups in total. The summed E-state index contributed by atoms with van der Waals surface area (Å²) < 4.78 is 1.31. The van der Waals surface area contributed by atoms with Gasteiger partial charge in [-0.3, -0.25) is 14.2 Å². The van der Waals surface area contributed by atoms with Gasteiger partial charge in [-0.15, -0.1) is 0 Å². The first-order valence-electron chi connectivity index (χ1n) is 11.3. The zero-order chi connectivity index (χ0) is 23.5. The van der Waals surface area contributed by atoms with Crippen LogP contribution in [0.4, 0.5) is 23.1 Å². The number of nitrogens with one attached hydrogen (secondary N) is 2. The molecule has 3 heterocycles. The number of carbonyl (C=O) groups is 1. The van der Waals surface area contributed by atoms with E-state index in [-0.39, 0.29) is 18.0 Å². The number of rotatable bonds is 6. The fraction of sp³-hybridized carbons (Fsp3) is 0.240. The number of carbonyl (C=O) groups excluding carboxylic acids is 1. The van der Waals surface area contributed by atoms with Gasteiger partial charge >= 0.3 is 0 Å². The van der Waals surface area contributed by atoms with Gasteiger partial charge in [0.15, 0.2) is 0 Å². The Balaban J connectivity index is 1.24. The van der Waals surface area contributed by atoms with E-state index in [1.54, 1.807) is 30.3 Å². The van der Waals surface area contributed by atoms with Crippen molar-refractivity contribution >= 4 is 40.0 Å². The van der Waals surface area contributed by atoms with E-state index in [1.807, 2.05) is 31.2 Å². The van der Waals surface area contributed by atoms with E-state index in [1.165, 1.54) is 23.7 Å². The van der Waals surface area contributed by atoms with E-state index in [0.717, 1.165) is 36.2 Å². The molecule has 1 fully saturated rings. The number of fused-ring (bicyclic) bond motifs is 1. The quantitative estimate of drug-likeness (QED) is 0.459. The van der Waals surface area contributed by atoms with Gasteiger partial charge in [-0.25, -0.2) is 9.97 Å². The van der Waals surface area contributed by atoms with Gasteiger partial charge in [0.2, 0.25) is 11.9 Å². The number of anilines is 4. The second-order valence-electron chi connectivity index (χ2n) is 8.33. The van der Waals surface area contributed by atoms with Crippen LogP contribution in [0.25, 0.3) is 10.9 Å². The van der Waals surface area contributed by atoms with E-state index >= 15 is 0 Å². The molecule has 2 aromatic carbocycles. The minimum atomic E-state index is -0.304. The molecule has 0 unspecified atom stereocenters. The van der Waals surface area contributed by atoms with Crippen LogP contribution in [0.5, 0.6) is 0 Å². The third-order valence-electron chi connectivity index (χ3n) is 5.72. The summed E-state index contributed by atoms with van der Waals surface area (Å²) in [5.74, 6) is 1.18. The Hall–Kier alpha value is -4.27. The van der Waals surface area contributed by atoms with Crippen molar-refractivity contribution in [2.24, 2.45) is 0 Å². The Kier molecular flexibility index (Phi) is 5.90. The molecule has 0 radical (unpaired) electrons. The van der Waals surface area contributed by atoms with Crippen LogP contribution in [0.2, 0.25) is 0 Å². The van der Waals surface area contributed by atoms with Crippen LogP contribution in [0.15, 0.2) is 65.7 Å². The molecule has 1 aliphatic heterocycles. The van der Waals surface area contributed by atoms with Crippen molar-refractivity contribution in [1.29, 1.82) is 0 Å². The highest BCUT2D eigenvalue weighted by molar-refractivity contribution is 5.91. The maximum absolute atomic E-state index is 12.6. The van der Waals surface area contributed by atoms with Crippen LogP contribution in [-0.4, -0.2) is 38.5 Å². The van der Waals surface area contributed by atoms with Crippen molar-refractivity contribution in [1.82, 2.24) is 19.5 Å². The zero-order valence-corrected chi connectivity index (χ0v) is 18.9. The van der Waals surface area contributed by atoms with Crippen molar-refractivity contribution < 1.29 is 4.79 Å². The average molecular weight is 456 g/mol. The molecule has 9 heteroatoms. The van der Waals surface area contributed by atoms with E-state index in [0.29, 0.717) is 16.6 Å². The lowest BCUT2D eigenvalue weighted by molar-refractivity contribution is -0.116. The van der Waals surface area contributed by atoms with Gasteiger partial charge in [0, 0.05) is 36.2 Å². The summed E-state index contributed by atoms with van der Waals surface area (Å²) >= 11 is 0. The van der Waals surface area contributed by atoms with Crippen LogP contribution < -0.4 is 21.1 Å². The van der Waals surface area contributed by atoms with Crippen molar-refractivity contribution in [3.8, 4) is 0 Å². The predicted molar refractivity (Wildman–Crippen MR) is 133 cm³/mol. The summed E-state index contributed by atoms with van der Waals surface area (Å²) in [6.45, 7) is 3.81. The fourth-order valence-electron chi connectivity index (χ4n) is 4.03. The molecule has 4 aromatic rings. The molecular formula is C25H25N7O2. The second-order valence-corrected chi connectivity index (χ2v) is 8.33. The highest BCUT2D eigenvalue weighted by Crippen LogP contribution is 2.22. The van der Waals surface area contributed by atoms with E-state index in [9.17, 15) is 9.59 Å². The third kappa shape index (κ3) is 4.73. The van der Waals surface area contributed by atoms with Crippen LogP contribution in [0, 0.1) is 6.92 Å². The van der Waals surface area contributed by atoms with Crippen LogP contribution in [-0.2, 0) is 11.3 Å². The van der Waals surface area contributed by atoms with Gasteiger partial charge in [-0.05, 0) is 56.2 Å². The molecular weight excluding hydrogens is 430 g/mol. The van der Waals surface area contributed by atoms with Crippen LogP contribution in [0.1, 0.15) is 18.5 Å². The summed E-state index contributed by atoms with van der Waals surface area (Å²) in [4.78, 5) is 40.8. The fourth-order valence-corrected chi connectivity index (χ4v) is 4.03. The first-order chi connectivity index (χ1) is 16.5. The Morgan fingerprint density at radius 3 is 2.53 bits per heavy atom. The molecule has 0 spiro atoms. The van der Waals surface area contributed by atoms with E-state index in [2.05, 4.69) is 30.5 Å². The monoisotopic (exact) mass is 455 g/mol. The lowest BCUT2D eigenvalue weighted by Gasteiger charge is -2.17. The molecule has 0 aliphatic carbocycles. The van der Waals surface area contributed by atoms with E-state index in [4.69, 9.17) is 0 Å². The maximum atomic E-state index is 12.6. The van der Waals surface area contributed by atoms with Gasteiger partial charge in [-0.2, -0.15) is 4.98 Å². The summed E-state index contributed by atoms with van der Waals surface area (Å²) in [5, 5.41) is 6.62. The van der Waals surface area contributed by atoms with Crippen LogP contribution >= 0.6 is 0 Å². The lowest BCUT2D eigenvalue weighted by atomic mass is 10.2. The zero-order valence-electron chi connectivity index (χ0n) is 18.9. The van der Waals surface area contributed by atoms with Gasteiger partial charge in [0.1, 0.15) is 12.4 Å². The lowest BCUT2D eigenvalue weighted by Crippen LogP contribution is -2.27. The Morgan fingerprint density at radius 1 is 1.00 bits per heavy atom. The minimum absolute atomic E-state index is 0.115. The Bertz CT molecular complexity index is 1390. The molecule has 1 aliphatic rings. The molecule has 5 rings (SSSR count). The first kappa shape index (κ1) is 21.6. The third-order valence-corrected chi connectivity index (χ3v) is 5.72. The largest absolute Gasteiger partial charge is 0.341 e. The Morgan fingerprint density at radius 2 is 1.74 bits per heavy atom. The standard InChI is InChI=1S/C25H25N7O2/c1-17-14-22(30-25(27-17)31-12-4-5-13-31)28-18-8-10-19(11-9-18)29-23(33)15-32-16-26-21-7-3-2-6-20(21)24(32)34/h2-3,6-11,14,16H,4-5,12-13,15H2,1H3,(H,29,33)(H,27,28,30). The van der Waals surface area contributed by atoms with Gasteiger partial charge in [0.25, 0.3) is 5.56 Å². The van der Waals surface area contributed by atoms with Crippen molar-refractivity contribution in [3.05, 3.63) is 77.0 Å². The number of benzene rings is 2. The summed E-state index contributed by atoms with van der Waals surface area (Å²) in [5.41, 5.74) is 2.75. The highest BCUT2D eigenvalue weighted by Gasteiger charge is 2.16. The van der Waals surface area contributed by atoms with Crippen molar-refractivity contribution in [2.45, 2.75) is 26.3 Å². The maximum Gasteiger partial charge on any atom is 0.261 e. The number of amides is 1. The molecule has 0 saturated carbocycles. The van der Waals surface area contributed by atoms with Gasteiger partial charge in [0.05, 0.1) is 17.2 Å². The molecule has 1 saturated heterocycles. The summed E-state index contributed by atoms with van der Waals surface area (Å²) in [7, 11) is 0. The normalized spacial score (nSPS) is 13.3. The smallest absolute Gasteiger partial charge is 0.261 e. The molecule has 2 aromatic heterocycles. The number of nitrogens with zero attached hydrogens (tertiary/aromatic N) is 5. The number of aromatic nitrogens is 4. The van der Waals surface area contributed by atoms with Gasteiger partial charge < -0.3 is 15.5 Å². The molecule has 34 heavy (non-hydrogen) atoms. The van der Waals surface area contributed by atoms with E-state index < -0.39 is 0 Å². The summed E-state index contributed by atoms with van der Waals surface area (Å²) in [6, 6.07) is 16.3. The molecule has 0 bridgehead atoms. The number of aryl methyl sites for hydroxylation is 1. The van der Waals surface area contributed by atoms with Crippen LogP contribution in [0.3, 0.4) is 0 Å². The topological polar surface area (TPSA) is 105 Å². The summed E-state index contributed by atoms with van der Waals surface area (Å²) in [6.07, 6.45) is 3.73. The molecule has 9 nitrogen and oxygen atoms in total. The van der Waals surface area contributed by atoms with Crippen molar-refractivity contribution in [2.75, 3.05) is 28.6 Å². The predicted octanol–water partition coefficient (Wildman–Crippen LogP) is 3.48. The second kappa shape index (κ2) is 9.30. The minimum Gasteiger partial charge on any atom is -0.341 e.